The lowest BCUT2D eigenvalue weighted by atomic mass is 10.1. The van der Waals surface area contributed by atoms with Crippen LogP contribution in [-0.2, 0) is 4.74 Å². The van der Waals surface area contributed by atoms with Gasteiger partial charge in [0, 0.05) is 0 Å². The fourth-order valence-corrected chi connectivity index (χ4v) is 1.56. The van der Waals surface area contributed by atoms with Crippen molar-refractivity contribution < 1.29 is 23.7 Å². The third-order valence-corrected chi connectivity index (χ3v) is 2.29. The molecule has 0 amide bonds. The third kappa shape index (κ3) is 2.71. The number of hydrogen-bond acceptors (Lipinski definition) is 5. The lowest BCUT2D eigenvalue weighted by Crippen LogP contribution is -2.11. The van der Waals surface area contributed by atoms with Crippen LogP contribution in [0.25, 0.3) is 0 Å². The fraction of sp³-hybridized carbons (Fsp3) is 0.333. The highest BCUT2D eigenvalue weighted by Crippen LogP contribution is 2.33. The quantitative estimate of drug-likeness (QED) is 0.264. The molecule has 0 spiro atoms. The second-order valence-corrected chi connectivity index (χ2v) is 3.43. The summed E-state index contributed by atoms with van der Waals surface area (Å²) < 4.78 is 15.5. The second-order valence-electron chi connectivity index (χ2n) is 3.43. The van der Waals surface area contributed by atoms with Gasteiger partial charge in [-0.1, -0.05) is 0 Å². The minimum atomic E-state index is -0.598. The normalized spacial score (nSPS) is 11.0. The predicted octanol–water partition coefficient (Wildman–Crippen LogP) is 1.05. The molecule has 1 aromatic carbocycles. The van der Waals surface area contributed by atoms with Gasteiger partial charge < -0.3 is 19.4 Å². The smallest absolute Gasteiger partial charge is 0.342 e. The molecule has 98 valence electrons. The molecule has 0 aliphatic heterocycles. The summed E-state index contributed by atoms with van der Waals surface area (Å²) in [7, 11) is 5.45. The van der Waals surface area contributed by atoms with Crippen molar-refractivity contribution in [1.29, 1.82) is 0 Å². The zero-order valence-corrected chi connectivity index (χ0v) is 10.7. The summed E-state index contributed by atoms with van der Waals surface area (Å²) in [6.45, 7) is 0. The number of ether oxygens (including phenoxy) is 3. The van der Waals surface area contributed by atoms with Crippen LogP contribution in [0.2, 0.25) is 0 Å². The minimum absolute atomic E-state index is 0.155. The summed E-state index contributed by atoms with van der Waals surface area (Å²) in [4.78, 5) is 11.8. The molecular weight excluding hydrogens is 238 g/mol. The van der Waals surface area contributed by atoms with Gasteiger partial charge in [-0.25, -0.2) is 9.53 Å². The molecule has 1 aromatic rings. The second kappa shape index (κ2) is 5.90. The van der Waals surface area contributed by atoms with Gasteiger partial charge in [0.1, 0.15) is 12.6 Å². The molecule has 0 aromatic heterocycles. The SMILES string of the molecule is COC(=O)c1c(C=[N+](C)[O-])ccc(OC)c1OC. The topological polar surface area (TPSA) is 70.8 Å². The molecule has 0 aliphatic carbocycles. The van der Waals surface area contributed by atoms with Crippen LogP contribution in [0.1, 0.15) is 15.9 Å². The highest BCUT2D eigenvalue weighted by Gasteiger charge is 2.22. The first kappa shape index (κ1) is 13.8. The van der Waals surface area contributed by atoms with Crippen LogP contribution in [0.5, 0.6) is 11.5 Å². The van der Waals surface area contributed by atoms with Crippen molar-refractivity contribution in [2.75, 3.05) is 28.4 Å². The third-order valence-electron chi connectivity index (χ3n) is 2.29. The van der Waals surface area contributed by atoms with E-state index in [1.54, 1.807) is 12.1 Å². The molecule has 1 rings (SSSR count). The van der Waals surface area contributed by atoms with E-state index in [0.29, 0.717) is 16.1 Å². The molecule has 0 saturated heterocycles. The van der Waals surface area contributed by atoms with E-state index >= 15 is 0 Å². The van der Waals surface area contributed by atoms with Crippen molar-refractivity contribution in [2.24, 2.45) is 0 Å². The van der Waals surface area contributed by atoms with E-state index < -0.39 is 5.97 Å². The Balaban J connectivity index is 3.54. The van der Waals surface area contributed by atoms with E-state index in [0.717, 1.165) is 0 Å². The Morgan fingerprint density at radius 3 is 2.39 bits per heavy atom. The average Bonchev–Trinajstić information content (AvgIpc) is 2.36. The molecule has 0 bridgehead atoms. The van der Waals surface area contributed by atoms with E-state index in [1.165, 1.54) is 34.6 Å². The predicted molar refractivity (Wildman–Crippen MR) is 65.6 cm³/mol. The molecule has 0 saturated carbocycles. The Morgan fingerprint density at radius 1 is 1.28 bits per heavy atom. The number of rotatable bonds is 4. The Labute approximate surface area is 105 Å². The molecular formula is C12H15NO5. The largest absolute Gasteiger partial charge is 0.624 e. The maximum atomic E-state index is 11.8. The fourth-order valence-electron chi connectivity index (χ4n) is 1.56. The van der Waals surface area contributed by atoms with Crippen molar-refractivity contribution in [3.63, 3.8) is 0 Å². The van der Waals surface area contributed by atoms with E-state index in [9.17, 15) is 10.0 Å². The summed E-state index contributed by atoms with van der Waals surface area (Å²) in [5.41, 5.74) is 0.555. The molecule has 0 radical (unpaired) electrons. The van der Waals surface area contributed by atoms with Gasteiger partial charge in [-0.3, -0.25) is 0 Å². The first-order valence-electron chi connectivity index (χ1n) is 5.13. The molecule has 0 unspecified atom stereocenters. The van der Waals surface area contributed by atoms with E-state index in [-0.39, 0.29) is 11.3 Å². The minimum Gasteiger partial charge on any atom is -0.624 e. The van der Waals surface area contributed by atoms with Crippen molar-refractivity contribution in [3.05, 3.63) is 28.5 Å². The molecule has 6 heteroatoms. The van der Waals surface area contributed by atoms with Gasteiger partial charge in [0.2, 0.25) is 0 Å². The lowest BCUT2D eigenvalue weighted by molar-refractivity contribution is -0.416. The van der Waals surface area contributed by atoms with Crippen LogP contribution >= 0.6 is 0 Å². The molecule has 0 heterocycles. The first-order valence-corrected chi connectivity index (χ1v) is 5.13. The summed E-state index contributed by atoms with van der Waals surface area (Å²) in [6, 6.07) is 3.20. The first-order chi connectivity index (χ1) is 8.54. The van der Waals surface area contributed by atoms with Gasteiger partial charge in [0.05, 0.1) is 26.9 Å². The van der Waals surface area contributed by atoms with E-state index in [2.05, 4.69) is 4.74 Å². The number of carbonyl (C=O) groups is 1. The van der Waals surface area contributed by atoms with Crippen LogP contribution in [0, 0.1) is 5.21 Å². The molecule has 0 aliphatic rings. The van der Waals surface area contributed by atoms with Gasteiger partial charge in [0.25, 0.3) is 0 Å². The van der Waals surface area contributed by atoms with Crippen LogP contribution in [0.4, 0.5) is 0 Å². The maximum Gasteiger partial charge on any atom is 0.342 e. The van der Waals surface area contributed by atoms with E-state index in [4.69, 9.17) is 9.47 Å². The lowest BCUT2D eigenvalue weighted by Gasteiger charge is -2.13. The van der Waals surface area contributed by atoms with Crippen molar-refractivity contribution >= 4 is 12.2 Å². The van der Waals surface area contributed by atoms with Gasteiger partial charge in [0.15, 0.2) is 17.7 Å². The van der Waals surface area contributed by atoms with Gasteiger partial charge in [-0.2, -0.15) is 0 Å². The highest BCUT2D eigenvalue weighted by atomic mass is 16.5. The molecule has 0 N–H and O–H groups in total. The number of methoxy groups -OCH3 is 3. The summed E-state index contributed by atoms with van der Waals surface area (Å²) in [6.07, 6.45) is 1.26. The van der Waals surface area contributed by atoms with Crippen molar-refractivity contribution in [1.82, 2.24) is 0 Å². The van der Waals surface area contributed by atoms with Gasteiger partial charge in [-0.15, -0.1) is 0 Å². The number of benzene rings is 1. The number of hydrogen-bond donors (Lipinski definition) is 0. The molecule has 18 heavy (non-hydrogen) atoms. The Morgan fingerprint density at radius 2 is 1.94 bits per heavy atom. The van der Waals surface area contributed by atoms with E-state index in [1.807, 2.05) is 0 Å². The Hall–Kier alpha value is -2.24. The molecule has 6 nitrogen and oxygen atoms in total. The van der Waals surface area contributed by atoms with Crippen molar-refractivity contribution in [3.8, 4) is 11.5 Å². The summed E-state index contributed by atoms with van der Waals surface area (Å²) >= 11 is 0. The van der Waals surface area contributed by atoms with Crippen LogP contribution < -0.4 is 9.47 Å². The van der Waals surface area contributed by atoms with Gasteiger partial charge >= 0.3 is 5.97 Å². The summed E-state index contributed by atoms with van der Waals surface area (Å²) in [5, 5.41) is 11.1. The van der Waals surface area contributed by atoms with Gasteiger partial charge in [-0.05, 0) is 12.1 Å². The molecule has 0 atom stereocenters. The van der Waals surface area contributed by atoms with Crippen LogP contribution in [-0.4, -0.2) is 45.3 Å². The van der Waals surface area contributed by atoms with Crippen molar-refractivity contribution in [2.45, 2.75) is 0 Å². The number of carbonyl (C=O) groups excluding carboxylic acids is 1. The summed E-state index contributed by atoms with van der Waals surface area (Å²) in [5.74, 6) is 0.0300. The number of esters is 1. The van der Waals surface area contributed by atoms with Crippen LogP contribution in [0.3, 0.4) is 0 Å². The molecule has 0 fully saturated rings. The van der Waals surface area contributed by atoms with Crippen LogP contribution in [0.15, 0.2) is 12.1 Å². The number of nitrogens with zero attached hydrogens (tertiary/aromatic N) is 1. The monoisotopic (exact) mass is 253 g/mol. The maximum absolute atomic E-state index is 11.8. The number of hydroxylamine groups is 1. The average molecular weight is 253 g/mol. The standard InChI is InChI=1S/C12H15NO5/c1-13(15)7-8-5-6-9(16-2)11(17-3)10(8)12(14)18-4/h5-7H,1-4H3. The Kier molecular flexibility index (Phi) is 4.53. The Bertz CT molecular complexity index is 478. The zero-order chi connectivity index (χ0) is 13.7. The highest BCUT2D eigenvalue weighted by molar-refractivity contribution is 6.01. The zero-order valence-electron chi connectivity index (χ0n) is 10.7.